The Morgan fingerprint density at radius 1 is 1.15 bits per heavy atom. The normalized spacial score (nSPS) is 16.6. The van der Waals surface area contributed by atoms with E-state index in [4.69, 9.17) is 0 Å². The number of nitrogens with zero attached hydrogens (tertiary/aromatic N) is 2. The molecule has 1 saturated heterocycles. The zero-order valence-electron chi connectivity index (χ0n) is 12.7. The van der Waals surface area contributed by atoms with Crippen LogP contribution in [0.2, 0.25) is 0 Å². The van der Waals surface area contributed by atoms with Crippen molar-refractivity contribution in [1.29, 1.82) is 0 Å². The van der Waals surface area contributed by atoms with Crippen molar-refractivity contribution in [3.05, 3.63) is 28.2 Å². The molecule has 0 bridgehead atoms. The Morgan fingerprint density at radius 3 is 2.55 bits per heavy atom. The predicted octanol–water partition coefficient (Wildman–Crippen LogP) is 3.09. The van der Waals surface area contributed by atoms with Gasteiger partial charge >= 0.3 is 0 Å². The van der Waals surface area contributed by atoms with Gasteiger partial charge in [-0.3, -0.25) is 0 Å². The molecule has 1 heterocycles. The minimum absolute atomic E-state index is 0.963. The van der Waals surface area contributed by atoms with E-state index < -0.39 is 0 Å². The summed E-state index contributed by atoms with van der Waals surface area (Å²) in [6.45, 7) is 12.3. The number of hydrogen-bond acceptors (Lipinski definition) is 3. The monoisotopic (exact) mass is 339 g/mol. The van der Waals surface area contributed by atoms with Crippen LogP contribution in [0.4, 0.5) is 5.69 Å². The molecule has 4 heteroatoms. The minimum atomic E-state index is 0.963. The molecule has 0 atom stereocenters. The molecule has 112 valence electrons. The van der Waals surface area contributed by atoms with Crippen LogP contribution in [0.25, 0.3) is 0 Å². The molecule has 3 nitrogen and oxygen atoms in total. The van der Waals surface area contributed by atoms with Gasteiger partial charge in [0.1, 0.15) is 0 Å². The lowest BCUT2D eigenvalue weighted by Crippen LogP contribution is -2.46. The van der Waals surface area contributed by atoms with Crippen LogP contribution in [-0.4, -0.2) is 44.2 Å². The average molecular weight is 340 g/mol. The summed E-state index contributed by atoms with van der Waals surface area (Å²) in [6.07, 6.45) is 1.18. The maximum atomic E-state index is 3.61. The van der Waals surface area contributed by atoms with E-state index in [0.717, 1.165) is 32.7 Å². The highest BCUT2D eigenvalue weighted by Crippen LogP contribution is 2.26. The molecule has 0 aliphatic carbocycles. The molecular formula is C16H26BrN3. The van der Waals surface area contributed by atoms with Crippen LogP contribution in [0.15, 0.2) is 22.7 Å². The maximum Gasteiger partial charge on any atom is 0.0424 e. The first-order valence-corrected chi connectivity index (χ1v) is 8.50. The van der Waals surface area contributed by atoms with Gasteiger partial charge in [-0.1, -0.05) is 35.8 Å². The van der Waals surface area contributed by atoms with Gasteiger partial charge in [0.2, 0.25) is 0 Å². The summed E-state index contributed by atoms with van der Waals surface area (Å²) in [6, 6.07) is 6.66. The fraction of sp³-hybridized carbons (Fsp3) is 0.625. The summed E-state index contributed by atoms with van der Waals surface area (Å²) in [5.41, 5.74) is 2.80. The molecule has 0 unspecified atom stereocenters. The highest BCUT2D eigenvalue weighted by Gasteiger charge is 2.18. The van der Waals surface area contributed by atoms with Crippen molar-refractivity contribution in [2.45, 2.75) is 26.8 Å². The van der Waals surface area contributed by atoms with Crippen LogP contribution in [0.1, 0.15) is 25.8 Å². The van der Waals surface area contributed by atoms with E-state index in [0.29, 0.717) is 0 Å². The Kier molecular flexibility index (Phi) is 6.33. The number of halogens is 1. The topological polar surface area (TPSA) is 18.5 Å². The molecule has 20 heavy (non-hydrogen) atoms. The molecule has 0 aromatic heterocycles. The molecule has 1 aromatic carbocycles. The second kappa shape index (κ2) is 8.01. The van der Waals surface area contributed by atoms with Gasteiger partial charge < -0.3 is 15.1 Å². The molecule has 0 radical (unpaired) electrons. The Balaban J connectivity index is 2.06. The van der Waals surface area contributed by atoms with E-state index >= 15 is 0 Å². The van der Waals surface area contributed by atoms with Crippen LogP contribution in [0, 0.1) is 0 Å². The Labute approximate surface area is 131 Å². The van der Waals surface area contributed by atoms with Crippen LogP contribution in [0.5, 0.6) is 0 Å². The predicted molar refractivity (Wildman–Crippen MR) is 90.5 cm³/mol. The number of piperazine rings is 1. The molecule has 0 spiro atoms. The molecule has 1 aliphatic heterocycles. The van der Waals surface area contributed by atoms with E-state index in [1.54, 1.807) is 0 Å². The molecule has 0 saturated carbocycles. The highest BCUT2D eigenvalue weighted by atomic mass is 79.9. The van der Waals surface area contributed by atoms with Gasteiger partial charge in [-0.2, -0.15) is 0 Å². The molecule has 1 aromatic rings. The van der Waals surface area contributed by atoms with Gasteiger partial charge in [0, 0.05) is 42.9 Å². The van der Waals surface area contributed by atoms with Crippen LogP contribution in [-0.2, 0) is 6.54 Å². The van der Waals surface area contributed by atoms with E-state index in [9.17, 15) is 0 Å². The van der Waals surface area contributed by atoms with Crippen molar-refractivity contribution in [1.82, 2.24) is 10.2 Å². The Bertz CT molecular complexity index is 414. The Hall–Kier alpha value is -0.580. The van der Waals surface area contributed by atoms with Gasteiger partial charge in [-0.25, -0.2) is 0 Å². The first-order valence-electron chi connectivity index (χ1n) is 7.71. The van der Waals surface area contributed by atoms with E-state index in [1.165, 1.54) is 35.2 Å². The van der Waals surface area contributed by atoms with Crippen LogP contribution >= 0.6 is 15.9 Å². The largest absolute Gasteiger partial charge is 0.369 e. The van der Waals surface area contributed by atoms with Crippen molar-refractivity contribution >= 4 is 21.6 Å². The molecular weight excluding hydrogens is 314 g/mol. The summed E-state index contributed by atoms with van der Waals surface area (Å²) in [4.78, 5) is 5.05. The lowest BCUT2D eigenvalue weighted by atomic mass is 10.1. The summed E-state index contributed by atoms with van der Waals surface area (Å²) in [7, 11) is 0. The summed E-state index contributed by atoms with van der Waals surface area (Å²) in [5.74, 6) is 0. The first-order chi connectivity index (χ1) is 9.74. The quantitative estimate of drug-likeness (QED) is 0.803. The van der Waals surface area contributed by atoms with E-state index in [2.05, 4.69) is 63.1 Å². The van der Waals surface area contributed by atoms with Gasteiger partial charge in [0.25, 0.3) is 0 Å². The number of nitrogens with one attached hydrogen (secondary N) is 1. The fourth-order valence-electron chi connectivity index (χ4n) is 2.69. The highest BCUT2D eigenvalue weighted by molar-refractivity contribution is 9.10. The minimum Gasteiger partial charge on any atom is -0.369 e. The number of likely N-dealkylation sites (N-methyl/N-ethyl adjacent to an activating group) is 1. The zero-order chi connectivity index (χ0) is 14.4. The van der Waals surface area contributed by atoms with Gasteiger partial charge in [0.15, 0.2) is 0 Å². The van der Waals surface area contributed by atoms with Crippen LogP contribution < -0.4 is 10.2 Å². The van der Waals surface area contributed by atoms with Crippen molar-refractivity contribution in [2.75, 3.05) is 44.2 Å². The summed E-state index contributed by atoms with van der Waals surface area (Å²) < 4.78 is 1.17. The van der Waals surface area contributed by atoms with Crippen molar-refractivity contribution in [3.8, 4) is 0 Å². The molecule has 1 fully saturated rings. The third kappa shape index (κ3) is 4.21. The third-order valence-corrected chi connectivity index (χ3v) is 4.44. The lowest BCUT2D eigenvalue weighted by molar-refractivity contribution is 0.271. The van der Waals surface area contributed by atoms with E-state index in [1.807, 2.05) is 0 Å². The Morgan fingerprint density at radius 2 is 1.90 bits per heavy atom. The van der Waals surface area contributed by atoms with E-state index in [-0.39, 0.29) is 0 Å². The number of hydrogen-bond donors (Lipinski definition) is 1. The number of benzene rings is 1. The molecule has 1 aliphatic rings. The lowest BCUT2D eigenvalue weighted by Gasteiger charge is -2.36. The van der Waals surface area contributed by atoms with Gasteiger partial charge in [-0.15, -0.1) is 0 Å². The number of rotatable bonds is 6. The standard InChI is InChI=1S/C16H26BrN3/c1-3-7-18-13-14-5-6-15(17)12-16(14)20-10-8-19(4-2)9-11-20/h5-6,12,18H,3-4,7-11,13H2,1-2H3. The third-order valence-electron chi connectivity index (χ3n) is 3.95. The molecule has 1 N–H and O–H groups in total. The first kappa shape index (κ1) is 15.8. The van der Waals surface area contributed by atoms with Crippen molar-refractivity contribution in [2.24, 2.45) is 0 Å². The maximum absolute atomic E-state index is 3.61. The SMILES string of the molecule is CCCNCc1ccc(Br)cc1N1CCN(CC)CC1. The average Bonchev–Trinajstić information content (AvgIpc) is 2.49. The molecule has 0 amide bonds. The van der Waals surface area contributed by atoms with Crippen molar-refractivity contribution in [3.63, 3.8) is 0 Å². The van der Waals surface area contributed by atoms with Crippen LogP contribution in [0.3, 0.4) is 0 Å². The zero-order valence-corrected chi connectivity index (χ0v) is 14.2. The summed E-state index contributed by atoms with van der Waals surface area (Å²) >= 11 is 3.61. The number of anilines is 1. The summed E-state index contributed by atoms with van der Waals surface area (Å²) in [5, 5.41) is 3.52. The van der Waals surface area contributed by atoms with Gasteiger partial charge in [0.05, 0.1) is 0 Å². The van der Waals surface area contributed by atoms with Crippen molar-refractivity contribution < 1.29 is 0 Å². The fourth-order valence-corrected chi connectivity index (χ4v) is 3.03. The second-order valence-electron chi connectivity index (χ2n) is 5.37. The van der Waals surface area contributed by atoms with Gasteiger partial charge in [-0.05, 0) is 37.2 Å². The second-order valence-corrected chi connectivity index (χ2v) is 6.29. The smallest absolute Gasteiger partial charge is 0.0424 e. The molecule has 2 rings (SSSR count).